The molecule has 1 unspecified atom stereocenters. The van der Waals surface area contributed by atoms with Crippen molar-refractivity contribution in [3.63, 3.8) is 0 Å². The van der Waals surface area contributed by atoms with Crippen LogP contribution in [0.3, 0.4) is 0 Å². The van der Waals surface area contributed by atoms with E-state index < -0.39 is 28.7 Å². The van der Waals surface area contributed by atoms with E-state index in [2.05, 4.69) is 0 Å². The van der Waals surface area contributed by atoms with Gasteiger partial charge in [0, 0.05) is 5.56 Å². The number of halogens is 3. The van der Waals surface area contributed by atoms with Crippen molar-refractivity contribution in [2.24, 2.45) is 0 Å². The fourth-order valence-corrected chi connectivity index (χ4v) is 1.79. The molecule has 1 atom stereocenters. The Hall–Kier alpha value is -2.90. The molecule has 0 radical (unpaired) electrons. The van der Waals surface area contributed by atoms with E-state index in [0.717, 1.165) is 24.3 Å². The van der Waals surface area contributed by atoms with E-state index in [9.17, 15) is 28.1 Å². The van der Waals surface area contributed by atoms with Crippen LogP contribution < -0.4 is 4.74 Å². The number of alkyl halides is 3. The summed E-state index contributed by atoms with van der Waals surface area (Å²) in [4.78, 5) is 22.2. The SMILES string of the molecule is O=C(c1ccccc1)C(Oc1ccc(C(F)(F)F)cc1)[N+](=O)[O-]. The van der Waals surface area contributed by atoms with Crippen molar-refractivity contribution in [2.45, 2.75) is 12.4 Å². The third-order valence-electron chi connectivity index (χ3n) is 2.90. The quantitative estimate of drug-likeness (QED) is 0.365. The average molecular weight is 325 g/mol. The van der Waals surface area contributed by atoms with E-state index in [-0.39, 0.29) is 11.3 Å². The summed E-state index contributed by atoms with van der Waals surface area (Å²) in [7, 11) is 0. The largest absolute Gasteiger partial charge is 0.424 e. The monoisotopic (exact) mass is 325 g/mol. The summed E-state index contributed by atoms with van der Waals surface area (Å²) in [5.74, 6) is -1.10. The highest BCUT2D eigenvalue weighted by Gasteiger charge is 2.34. The van der Waals surface area contributed by atoms with Gasteiger partial charge >= 0.3 is 12.4 Å². The summed E-state index contributed by atoms with van der Waals surface area (Å²) in [6, 6.07) is 10.8. The van der Waals surface area contributed by atoms with Crippen molar-refractivity contribution < 1.29 is 27.6 Å². The first-order valence-electron chi connectivity index (χ1n) is 6.35. The van der Waals surface area contributed by atoms with E-state index in [1.807, 2.05) is 0 Å². The van der Waals surface area contributed by atoms with E-state index in [1.54, 1.807) is 6.07 Å². The molecular weight excluding hydrogens is 315 g/mol. The Morgan fingerprint density at radius 1 is 1.04 bits per heavy atom. The molecule has 0 aliphatic rings. The number of hydrogen-bond acceptors (Lipinski definition) is 4. The van der Waals surface area contributed by atoms with Gasteiger partial charge in [0.05, 0.1) is 10.5 Å². The van der Waals surface area contributed by atoms with Crippen molar-refractivity contribution in [1.29, 1.82) is 0 Å². The van der Waals surface area contributed by atoms with Crippen molar-refractivity contribution in [1.82, 2.24) is 0 Å². The number of nitrogens with zero attached hydrogens (tertiary/aromatic N) is 1. The van der Waals surface area contributed by atoms with Gasteiger partial charge in [0.15, 0.2) is 0 Å². The summed E-state index contributed by atoms with van der Waals surface area (Å²) in [5.41, 5.74) is -0.849. The second-order valence-corrected chi connectivity index (χ2v) is 4.51. The van der Waals surface area contributed by atoms with Gasteiger partial charge in [-0.05, 0) is 24.3 Å². The summed E-state index contributed by atoms with van der Waals surface area (Å²) in [6.07, 6.45) is -6.56. The molecule has 0 saturated carbocycles. The molecule has 0 saturated heterocycles. The molecule has 0 bridgehead atoms. The van der Waals surface area contributed by atoms with Crippen LogP contribution in [0.15, 0.2) is 54.6 Å². The van der Waals surface area contributed by atoms with Gasteiger partial charge in [0.25, 0.3) is 5.78 Å². The first kappa shape index (κ1) is 16.5. The molecule has 0 aliphatic carbocycles. The highest BCUT2D eigenvalue weighted by atomic mass is 19.4. The van der Waals surface area contributed by atoms with Gasteiger partial charge in [0.2, 0.25) is 0 Å². The number of hydrogen-bond donors (Lipinski definition) is 0. The van der Waals surface area contributed by atoms with Crippen LogP contribution >= 0.6 is 0 Å². The zero-order valence-electron chi connectivity index (χ0n) is 11.5. The molecule has 5 nitrogen and oxygen atoms in total. The van der Waals surface area contributed by atoms with E-state index >= 15 is 0 Å². The standard InChI is InChI=1S/C15H10F3NO4/c16-15(17,18)11-6-8-12(9-7-11)23-14(19(21)22)13(20)10-4-2-1-3-5-10/h1-9,14H. The Morgan fingerprint density at radius 2 is 1.61 bits per heavy atom. The molecule has 0 aliphatic heterocycles. The Morgan fingerprint density at radius 3 is 2.09 bits per heavy atom. The topological polar surface area (TPSA) is 69.4 Å². The lowest BCUT2D eigenvalue weighted by Crippen LogP contribution is -2.35. The van der Waals surface area contributed by atoms with Gasteiger partial charge in [-0.3, -0.25) is 14.9 Å². The molecule has 8 heteroatoms. The second-order valence-electron chi connectivity index (χ2n) is 4.51. The van der Waals surface area contributed by atoms with Crippen LogP contribution in [0.2, 0.25) is 0 Å². The van der Waals surface area contributed by atoms with Gasteiger partial charge in [-0.15, -0.1) is 0 Å². The number of ether oxygens (including phenoxy) is 1. The molecule has 2 rings (SSSR count). The summed E-state index contributed by atoms with van der Waals surface area (Å²) < 4.78 is 42.3. The first-order valence-corrected chi connectivity index (χ1v) is 6.35. The molecular formula is C15H10F3NO4. The molecule has 0 N–H and O–H groups in total. The average Bonchev–Trinajstić information content (AvgIpc) is 2.52. The Bertz CT molecular complexity index is 699. The third kappa shape index (κ3) is 4.06. The van der Waals surface area contributed by atoms with Crippen LogP contribution in [0.1, 0.15) is 15.9 Å². The highest BCUT2D eigenvalue weighted by Crippen LogP contribution is 2.30. The predicted molar refractivity (Wildman–Crippen MR) is 73.6 cm³/mol. The lowest BCUT2D eigenvalue weighted by molar-refractivity contribution is -0.543. The number of carbonyl (C=O) groups excluding carboxylic acids is 1. The smallest absolute Gasteiger partial charge is 0.418 e. The number of carbonyl (C=O) groups is 1. The van der Waals surface area contributed by atoms with Gasteiger partial charge in [0.1, 0.15) is 5.75 Å². The van der Waals surface area contributed by atoms with Crippen LogP contribution in [0, 0.1) is 10.1 Å². The lowest BCUT2D eigenvalue weighted by Gasteiger charge is -2.12. The van der Waals surface area contributed by atoms with Gasteiger partial charge < -0.3 is 4.74 Å². The number of rotatable bonds is 5. The minimum absolute atomic E-state index is 0.0705. The Kier molecular flexibility index (Phi) is 4.63. The maximum absolute atomic E-state index is 12.5. The highest BCUT2D eigenvalue weighted by molar-refractivity contribution is 5.98. The van der Waals surface area contributed by atoms with Crippen molar-refractivity contribution >= 4 is 5.78 Å². The summed E-state index contributed by atoms with van der Waals surface area (Å²) in [5, 5.41) is 11.0. The lowest BCUT2D eigenvalue weighted by atomic mass is 10.1. The van der Waals surface area contributed by atoms with Crippen molar-refractivity contribution in [3.8, 4) is 5.75 Å². The van der Waals surface area contributed by atoms with Crippen LogP contribution in [0.25, 0.3) is 0 Å². The van der Waals surface area contributed by atoms with Crippen LogP contribution in [-0.4, -0.2) is 16.9 Å². The number of Topliss-reactive ketones (excluding diaryl/α,β-unsaturated/α-hetero) is 1. The second kappa shape index (κ2) is 6.47. The molecule has 120 valence electrons. The van der Waals surface area contributed by atoms with Crippen LogP contribution in [0.4, 0.5) is 13.2 Å². The molecule has 2 aromatic carbocycles. The zero-order chi connectivity index (χ0) is 17.0. The molecule has 2 aromatic rings. The third-order valence-corrected chi connectivity index (χ3v) is 2.90. The van der Waals surface area contributed by atoms with Crippen LogP contribution in [0.5, 0.6) is 5.75 Å². The van der Waals surface area contributed by atoms with Gasteiger partial charge in [-0.25, -0.2) is 0 Å². The molecule has 0 fully saturated rings. The van der Waals surface area contributed by atoms with Gasteiger partial charge in [-0.1, -0.05) is 30.3 Å². The summed E-state index contributed by atoms with van der Waals surface area (Å²) >= 11 is 0. The van der Waals surface area contributed by atoms with E-state index in [4.69, 9.17) is 4.74 Å². The first-order chi connectivity index (χ1) is 10.8. The predicted octanol–water partition coefficient (Wildman–Crippen LogP) is 3.57. The number of ketones is 1. The zero-order valence-corrected chi connectivity index (χ0v) is 11.5. The minimum atomic E-state index is -4.53. The fraction of sp³-hybridized carbons (Fsp3) is 0.133. The minimum Gasteiger partial charge on any atom is -0.424 e. The number of nitro groups is 1. The van der Waals surface area contributed by atoms with Crippen LogP contribution in [-0.2, 0) is 6.18 Å². The van der Waals surface area contributed by atoms with E-state index in [0.29, 0.717) is 0 Å². The van der Waals surface area contributed by atoms with Crippen molar-refractivity contribution in [3.05, 3.63) is 75.8 Å². The maximum Gasteiger partial charge on any atom is 0.418 e. The Labute approximate surface area is 128 Å². The van der Waals surface area contributed by atoms with Crippen molar-refractivity contribution in [2.75, 3.05) is 0 Å². The number of benzene rings is 2. The van der Waals surface area contributed by atoms with Gasteiger partial charge in [-0.2, -0.15) is 13.2 Å². The maximum atomic E-state index is 12.5. The summed E-state index contributed by atoms with van der Waals surface area (Å²) in [6.45, 7) is 0. The molecule has 0 amide bonds. The van der Waals surface area contributed by atoms with E-state index in [1.165, 1.54) is 24.3 Å². The molecule has 0 spiro atoms. The molecule has 23 heavy (non-hydrogen) atoms. The fourth-order valence-electron chi connectivity index (χ4n) is 1.79. The molecule has 0 heterocycles. The normalized spacial score (nSPS) is 12.5. The molecule has 0 aromatic heterocycles. The Balaban J connectivity index is 2.20.